The van der Waals surface area contributed by atoms with Gasteiger partial charge in [-0.25, -0.2) is 9.59 Å². The lowest BCUT2D eigenvalue weighted by molar-refractivity contribution is -0.161. The maximum absolute atomic E-state index is 12.1. The molecule has 1 N–H and O–H groups in total. The third kappa shape index (κ3) is 5.46. The average Bonchev–Trinajstić information content (AvgIpc) is 2.47. The molecule has 132 valence electrons. The minimum Gasteiger partial charge on any atom is -0.461 e. The molecular weight excluding hydrogens is 324 g/mol. The van der Waals surface area contributed by atoms with E-state index in [0.717, 1.165) is 38.5 Å². The highest BCUT2D eigenvalue weighted by molar-refractivity contribution is 7.88. The molecule has 2 aliphatic carbocycles. The molecule has 2 saturated carbocycles. The molecule has 0 atom stereocenters. The Morgan fingerprint density at radius 2 is 1.13 bits per heavy atom. The number of esters is 2. The minimum atomic E-state index is -4.91. The van der Waals surface area contributed by atoms with E-state index in [1.165, 1.54) is 0 Å². The van der Waals surface area contributed by atoms with Gasteiger partial charge in [-0.1, -0.05) is 12.8 Å². The van der Waals surface area contributed by atoms with Crippen LogP contribution in [0.4, 0.5) is 0 Å². The Hall–Kier alpha value is -1.15. The summed E-state index contributed by atoms with van der Waals surface area (Å²) in [6.07, 6.45) is 7.40. The van der Waals surface area contributed by atoms with Crippen LogP contribution in [0.5, 0.6) is 0 Å². The first kappa shape index (κ1) is 18.2. The molecule has 0 bridgehead atoms. The second kappa shape index (κ2) is 8.10. The highest BCUT2D eigenvalue weighted by atomic mass is 32.2. The molecule has 0 heterocycles. The highest BCUT2D eigenvalue weighted by Crippen LogP contribution is 2.23. The molecule has 8 heteroatoms. The molecule has 0 aliphatic heterocycles. The van der Waals surface area contributed by atoms with E-state index in [1.807, 2.05) is 0 Å². The predicted octanol–water partition coefficient (Wildman–Crippen LogP) is 1.99. The zero-order valence-electron chi connectivity index (χ0n) is 13.1. The van der Waals surface area contributed by atoms with E-state index < -0.39 is 39.5 Å². The largest absolute Gasteiger partial charge is 0.461 e. The topological polar surface area (TPSA) is 107 Å². The van der Waals surface area contributed by atoms with E-state index in [0.29, 0.717) is 25.7 Å². The van der Waals surface area contributed by atoms with Crippen LogP contribution in [0, 0.1) is 0 Å². The first-order valence-corrected chi connectivity index (χ1v) is 9.75. The summed E-state index contributed by atoms with van der Waals surface area (Å²) >= 11 is 0. The van der Waals surface area contributed by atoms with Gasteiger partial charge in [0.25, 0.3) is 15.4 Å². The van der Waals surface area contributed by atoms with Crippen molar-refractivity contribution in [1.82, 2.24) is 0 Å². The Bertz CT molecular complexity index is 484. The van der Waals surface area contributed by atoms with E-state index in [9.17, 15) is 22.6 Å². The quantitative estimate of drug-likeness (QED) is 0.460. The van der Waals surface area contributed by atoms with Crippen LogP contribution in [0.15, 0.2) is 0 Å². The first-order valence-electron chi connectivity index (χ1n) is 8.25. The summed E-state index contributed by atoms with van der Waals surface area (Å²) in [5.74, 6) is -2.47. The van der Waals surface area contributed by atoms with Crippen LogP contribution >= 0.6 is 0 Å². The van der Waals surface area contributed by atoms with E-state index in [2.05, 4.69) is 0 Å². The van der Waals surface area contributed by atoms with Crippen molar-refractivity contribution in [2.45, 2.75) is 81.7 Å². The van der Waals surface area contributed by atoms with Crippen molar-refractivity contribution in [2.24, 2.45) is 0 Å². The highest BCUT2D eigenvalue weighted by Gasteiger charge is 2.43. The smallest absolute Gasteiger partial charge is 0.338 e. The summed E-state index contributed by atoms with van der Waals surface area (Å²) in [6.45, 7) is 0. The Balaban J connectivity index is 2.00. The van der Waals surface area contributed by atoms with Gasteiger partial charge in [-0.3, -0.25) is 4.55 Å². The predicted molar refractivity (Wildman–Crippen MR) is 81.3 cm³/mol. The number of ether oxygens (including phenoxy) is 2. The number of carbonyl (C=O) groups excluding carboxylic acids is 2. The van der Waals surface area contributed by atoms with Gasteiger partial charge in [0.1, 0.15) is 12.2 Å². The fourth-order valence-electron chi connectivity index (χ4n) is 3.16. The molecule has 0 radical (unpaired) electrons. The normalized spacial score (nSPS) is 21.1. The van der Waals surface area contributed by atoms with Gasteiger partial charge < -0.3 is 9.47 Å². The molecule has 0 aromatic carbocycles. The van der Waals surface area contributed by atoms with E-state index in [4.69, 9.17) is 9.47 Å². The van der Waals surface area contributed by atoms with Crippen molar-refractivity contribution in [3.05, 3.63) is 0 Å². The van der Waals surface area contributed by atoms with Gasteiger partial charge in [0.05, 0.1) is 0 Å². The van der Waals surface area contributed by atoms with Gasteiger partial charge in [0, 0.05) is 0 Å². The number of carbonyl (C=O) groups is 2. The second-order valence-electron chi connectivity index (χ2n) is 6.29. The lowest BCUT2D eigenvalue weighted by atomic mass is 9.98. The van der Waals surface area contributed by atoms with Gasteiger partial charge in [-0.05, 0) is 51.4 Å². The summed E-state index contributed by atoms with van der Waals surface area (Å²) in [6, 6.07) is 0. The van der Waals surface area contributed by atoms with Crippen LogP contribution in [0.25, 0.3) is 0 Å². The zero-order valence-corrected chi connectivity index (χ0v) is 13.9. The van der Waals surface area contributed by atoms with Crippen LogP contribution in [-0.2, 0) is 29.2 Å². The number of rotatable bonds is 5. The molecule has 2 rings (SSSR count). The number of hydrogen-bond donors (Lipinski definition) is 1. The first-order chi connectivity index (χ1) is 10.9. The third-order valence-corrected chi connectivity index (χ3v) is 5.38. The molecule has 7 nitrogen and oxygen atoms in total. The van der Waals surface area contributed by atoms with E-state index >= 15 is 0 Å². The molecule has 23 heavy (non-hydrogen) atoms. The Labute approximate surface area is 136 Å². The van der Waals surface area contributed by atoms with Gasteiger partial charge in [-0.2, -0.15) is 8.42 Å². The standard InChI is InChI=1S/C15H24O7S/c16-14(21-11-7-3-1-4-8-11)13(23(18,19)20)15(17)22-12-9-5-2-6-10-12/h11-13H,1-10H2,(H,18,19,20). The van der Waals surface area contributed by atoms with Crippen LogP contribution < -0.4 is 0 Å². The molecule has 0 unspecified atom stereocenters. The molecule has 2 aliphatic rings. The molecule has 0 saturated heterocycles. The Morgan fingerprint density at radius 3 is 1.43 bits per heavy atom. The molecule has 0 aromatic heterocycles. The monoisotopic (exact) mass is 348 g/mol. The Morgan fingerprint density at radius 1 is 0.783 bits per heavy atom. The van der Waals surface area contributed by atoms with Crippen LogP contribution in [0.2, 0.25) is 0 Å². The molecule has 0 aromatic rings. The minimum absolute atomic E-state index is 0.400. The maximum atomic E-state index is 12.1. The van der Waals surface area contributed by atoms with Crippen molar-refractivity contribution in [1.29, 1.82) is 0 Å². The summed E-state index contributed by atoms with van der Waals surface area (Å²) in [4.78, 5) is 24.2. The lowest BCUT2D eigenvalue weighted by Gasteiger charge is -2.25. The van der Waals surface area contributed by atoms with Gasteiger partial charge in [0.2, 0.25) is 0 Å². The van der Waals surface area contributed by atoms with Crippen molar-refractivity contribution in [3.63, 3.8) is 0 Å². The second-order valence-corrected chi connectivity index (χ2v) is 7.79. The summed E-state index contributed by atoms with van der Waals surface area (Å²) in [5.41, 5.74) is 0. The molecular formula is C15H24O7S. The van der Waals surface area contributed by atoms with Crippen LogP contribution in [-0.4, -0.2) is 42.4 Å². The van der Waals surface area contributed by atoms with E-state index in [1.54, 1.807) is 0 Å². The summed E-state index contributed by atoms with van der Waals surface area (Å²) in [7, 11) is -4.91. The van der Waals surface area contributed by atoms with Crippen LogP contribution in [0.1, 0.15) is 64.2 Å². The average molecular weight is 348 g/mol. The Kier molecular flexibility index (Phi) is 6.41. The number of hydrogen-bond acceptors (Lipinski definition) is 6. The fourth-order valence-corrected chi connectivity index (χ4v) is 3.76. The molecule has 2 fully saturated rings. The molecule has 0 amide bonds. The zero-order chi connectivity index (χ0) is 16.9. The van der Waals surface area contributed by atoms with Gasteiger partial charge in [-0.15, -0.1) is 0 Å². The summed E-state index contributed by atoms with van der Waals surface area (Å²) in [5, 5.41) is -2.30. The summed E-state index contributed by atoms with van der Waals surface area (Å²) < 4.78 is 42.4. The van der Waals surface area contributed by atoms with Gasteiger partial charge in [0.15, 0.2) is 0 Å². The van der Waals surface area contributed by atoms with Crippen LogP contribution in [0.3, 0.4) is 0 Å². The van der Waals surface area contributed by atoms with Crippen molar-refractivity contribution >= 4 is 22.1 Å². The van der Waals surface area contributed by atoms with Crippen molar-refractivity contribution in [3.8, 4) is 0 Å². The van der Waals surface area contributed by atoms with Crippen molar-refractivity contribution in [2.75, 3.05) is 0 Å². The molecule has 0 spiro atoms. The van der Waals surface area contributed by atoms with E-state index in [-0.39, 0.29) is 0 Å². The maximum Gasteiger partial charge on any atom is 0.338 e. The lowest BCUT2D eigenvalue weighted by Crippen LogP contribution is -2.43. The third-order valence-electron chi connectivity index (χ3n) is 4.40. The van der Waals surface area contributed by atoms with Gasteiger partial charge >= 0.3 is 11.9 Å². The van der Waals surface area contributed by atoms with Crippen molar-refractivity contribution < 1.29 is 32.0 Å². The fraction of sp³-hybridized carbons (Fsp3) is 0.867. The SMILES string of the molecule is O=C(OC1CCCCC1)C(C(=O)OC1CCCCC1)S(=O)(=O)O.